The molecular weight excluding hydrogens is 316 g/mol. The highest BCUT2D eigenvalue weighted by atomic mass is 79.9. The average molecular weight is 329 g/mol. The SMILES string of the molecule is OCCCc1nc(CSc2ccccc2Br)no1. The zero-order valence-corrected chi connectivity index (χ0v) is 12.1. The molecule has 1 heterocycles. The van der Waals surface area contributed by atoms with E-state index in [1.54, 1.807) is 11.8 Å². The summed E-state index contributed by atoms with van der Waals surface area (Å²) in [4.78, 5) is 5.42. The summed E-state index contributed by atoms with van der Waals surface area (Å²) in [7, 11) is 0. The lowest BCUT2D eigenvalue weighted by molar-refractivity contribution is 0.278. The number of nitrogens with zero attached hydrogens (tertiary/aromatic N) is 2. The molecule has 1 aromatic heterocycles. The first kappa shape index (κ1) is 13.6. The summed E-state index contributed by atoms with van der Waals surface area (Å²) in [5, 5.41) is 12.6. The van der Waals surface area contributed by atoms with Crippen molar-refractivity contribution in [2.75, 3.05) is 6.61 Å². The van der Waals surface area contributed by atoms with Gasteiger partial charge in [-0.05, 0) is 34.5 Å². The molecule has 0 saturated carbocycles. The molecule has 0 unspecified atom stereocenters. The number of benzene rings is 1. The zero-order valence-electron chi connectivity index (χ0n) is 9.67. The monoisotopic (exact) mass is 328 g/mol. The van der Waals surface area contributed by atoms with Gasteiger partial charge in [0.1, 0.15) is 0 Å². The standard InChI is InChI=1S/C12H13BrN2O2S/c13-9-4-1-2-5-10(9)18-8-11-14-12(17-15-11)6-3-7-16/h1-2,4-5,16H,3,6-8H2. The third-order valence-electron chi connectivity index (χ3n) is 2.25. The highest BCUT2D eigenvalue weighted by Gasteiger charge is 2.07. The van der Waals surface area contributed by atoms with Crippen LogP contribution in [0.25, 0.3) is 0 Å². The van der Waals surface area contributed by atoms with Gasteiger partial charge in [0.15, 0.2) is 5.82 Å². The van der Waals surface area contributed by atoms with E-state index in [-0.39, 0.29) is 6.61 Å². The highest BCUT2D eigenvalue weighted by Crippen LogP contribution is 2.28. The van der Waals surface area contributed by atoms with Crippen LogP contribution in [-0.2, 0) is 12.2 Å². The average Bonchev–Trinajstić information content (AvgIpc) is 2.83. The molecule has 0 aliphatic heterocycles. The van der Waals surface area contributed by atoms with E-state index in [4.69, 9.17) is 9.63 Å². The van der Waals surface area contributed by atoms with Crippen molar-refractivity contribution in [3.05, 3.63) is 40.5 Å². The first-order valence-electron chi connectivity index (χ1n) is 5.59. The smallest absolute Gasteiger partial charge is 0.226 e. The van der Waals surface area contributed by atoms with Crippen molar-refractivity contribution in [2.45, 2.75) is 23.5 Å². The lowest BCUT2D eigenvalue weighted by Crippen LogP contribution is -1.90. The topological polar surface area (TPSA) is 59.2 Å². The minimum absolute atomic E-state index is 0.142. The fourth-order valence-corrected chi connectivity index (χ4v) is 2.80. The Hall–Kier alpha value is -0.850. The molecule has 0 bridgehead atoms. The summed E-state index contributed by atoms with van der Waals surface area (Å²) in [5.74, 6) is 1.95. The van der Waals surface area contributed by atoms with Crippen LogP contribution in [0.4, 0.5) is 0 Å². The molecule has 1 N–H and O–H groups in total. The van der Waals surface area contributed by atoms with Crippen LogP contribution in [0.3, 0.4) is 0 Å². The fourth-order valence-electron chi connectivity index (χ4n) is 1.38. The molecule has 2 aromatic rings. The van der Waals surface area contributed by atoms with E-state index in [1.807, 2.05) is 24.3 Å². The van der Waals surface area contributed by atoms with Crippen LogP contribution in [-0.4, -0.2) is 21.9 Å². The van der Waals surface area contributed by atoms with E-state index in [1.165, 1.54) is 0 Å². The summed E-state index contributed by atoms with van der Waals surface area (Å²) in [6, 6.07) is 8.03. The van der Waals surface area contributed by atoms with Gasteiger partial charge in [-0.25, -0.2) is 0 Å². The molecule has 0 aliphatic carbocycles. The van der Waals surface area contributed by atoms with Crippen LogP contribution < -0.4 is 0 Å². The van der Waals surface area contributed by atoms with Crippen molar-refractivity contribution >= 4 is 27.7 Å². The third kappa shape index (κ3) is 3.83. The van der Waals surface area contributed by atoms with Gasteiger partial charge in [-0.15, -0.1) is 11.8 Å². The summed E-state index contributed by atoms with van der Waals surface area (Å²) in [5.41, 5.74) is 0. The Morgan fingerprint density at radius 2 is 2.17 bits per heavy atom. The Morgan fingerprint density at radius 1 is 1.33 bits per heavy atom. The first-order valence-corrected chi connectivity index (χ1v) is 7.37. The molecule has 18 heavy (non-hydrogen) atoms. The molecule has 96 valence electrons. The molecule has 0 spiro atoms. The molecule has 0 amide bonds. The zero-order chi connectivity index (χ0) is 12.8. The number of halogens is 1. The van der Waals surface area contributed by atoms with Gasteiger partial charge in [-0.3, -0.25) is 0 Å². The maximum Gasteiger partial charge on any atom is 0.226 e. The van der Waals surface area contributed by atoms with E-state index < -0.39 is 0 Å². The normalized spacial score (nSPS) is 10.8. The molecule has 4 nitrogen and oxygen atoms in total. The Bertz CT molecular complexity index is 504. The van der Waals surface area contributed by atoms with Gasteiger partial charge in [-0.2, -0.15) is 4.98 Å². The first-order chi connectivity index (χ1) is 8.79. The van der Waals surface area contributed by atoms with Crippen molar-refractivity contribution in [1.82, 2.24) is 10.1 Å². The van der Waals surface area contributed by atoms with E-state index in [0.717, 1.165) is 9.37 Å². The summed E-state index contributed by atoms with van der Waals surface area (Å²) >= 11 is 5.15. The minimum atomic E-state index is 0.142. The van der Waals surface area contributed by atoms with Crippen LogP contribution >= 0.6 is 27.7 Å². The van der Waals surface area contributed by atoms with Gasteiger partial charge in [0, 0.05) is 22.4 Å². The van der Waals surface area contributed by atoms with Crippen molar-refractivity contribution in [1.29, 1.82) is 0 Å². The molecule has 0 atom stereocenters. The second-order valence-electron chi connectivity index (χ2n) is 3.65. The molecule has 0 fully saturated rings. The lowest BCUT2D eigenvalue weighted by atomic mass is 10.3. The molecular formula is C12H13BrN2O2S. The molecule has 2 rings (SSSR count). The van der Waals surface area contributed by atoms with Crippen LogP contribution in [0.2, 0.25) is 0 Å². The van der Waals surface area contributed by atoms with Crippen molar-refractivity contribution < 1.29 is 9.63 Å². The number of hydrogen-bond acceptors (Lipinski definition) is 5. The maximum atomic E-state index is 8.72. The van der Waals surface area contributed by atoms with Gasteiger partial charge in [0.25, 0.3) is 0 Å². The molecule has 0 radical (unpaired) electrons. The van der Waals surface area contributed by atoms with Crippen LogP contribution in [0.15, 0.2) is 38.2 Å². The van der Waals surface area contributed by atoms with Gasteiger partial charge in [0.2, 0.25) is 5.89 Å². The van der Waals surface area contributed by atoms with Crippen molar-refractivity contribution in [2.24, 2.45) is 0 Å². The number of aryl methyl sites for hydroxylation is 1. The second-order valence-corrected chi connectivity index (χ2v) is 5.52. The quantitative estimate of drug-likeness (QED) is 0.826. The number of thioether (sulfide) groups is 1. The minimum Gasteiger partial charge on any atom is -0.396 e. The number of aliphatic hydroxyl groups excluding tert-OH is 1. The molecule has 6 heteroatoms. The number of rotatable bonds is 6. The maximum absolute atomic E-state index is 8.72. The van der Waals surface area contributed by atoms with Crippen LogP contribution in [0.5, 0.6) is 0 Å². The third-order valence-corrected chi connectivity index (χ3v) is 4.28. The molecule has 1 aromatic carbocycles. The van der Waals surface area contributed by atoms with E-state index >= 15 is 0 Å². The van der Waals surface area contributed by atoms with Crippen LogP contribution in [0.1, 0.15) is 18.1 Å². The Balaban J connectivity index is 1.90. The van der Waals surface area contributed by atoms with E-state index in [2.05, 4.69) is 26.1 Å². The van der Waals surface area contributed by atoms with Crippen molar-refractivity contribution in [3.8, 4) is 0 Å². The predicted molar refractivity (Wildman–Crippen MR) is 73.4 cm³/mol. The Kier molecular flexibility index (Phi) is 5.22. The fraction of sp³-hybridized carbons (Fsp3) is 0.333. The molecule has 0 saturated heterocycles. The largest absolute Gasteiger partial charge is 0.396 e. The van der Waals surface area contributed by atoms with Crippen molar-refractivity contribution in [3.63, 3.8) is 0 Å². The van der Waals surface area contributed by atoms with Gasteiger partial charge >= 0.3 is 0 Å². The predicted octanol–water partition coefficient (Wildman–Crippen LogP) is 3.05. The number of aromatic nitrogens is 2. The molecule has 0 aliphatic rings. The van der Waals surface area contributed by atoms with E-state index in [9.17, 15) is 0 Å². The second kappa shape index (κ2) is 6.92. The van der Waals surface area contributed by atoms with Gasteiger partial charge in [-0.1, -0.05) is 17.3 Å². The Morgan fingerprint density at radius 3 is 2.94 bits per heavy atom. The van der Waals surface area contributed by atoms with Gasteiger partial charge < -0.3 is 9.63 Å². The summed E-state index contributed by atoms with van der Waals surface area (Å²) < 4.78 is 6.16. The number of hydrogen-bond donors (Lipinski definition) is 1. The summed E-state index contributed by atoms with van der Waals surface area (Å²) in [6.45, 7) is 0.142. The van der Waals surface area contributed by atoms with E-state index in [0.29, 0.717) is 30.3 Å². The number of aliphatic hydroxyl groups is 1. The van der Waals surface area contributed by atoms with Crippen LogP contribution in [0, 0.1) is 0 Å². The Labute approximate surface area is 118 Å². The summed E-state index contributed by atoms with van der Waals surface area (Å²) in [6.07, 6.45) is 1.28. The van der Waals surface area contributed by atoms with Gasteiger partial charge in [0.05, 0.1) is 5.75 Å². The highest BCUT2D eigenvalue weighted by molar-refractivity contribution is 9.10. The lowest BCUT2D eigenvalue weighted by Gasteiger charge is -2.00.